The molecule has 0 aliphatic carbocycles. The molecule has 1 aromatic heterocycles. The highest BCUT2D eigenvalue weighted by Crippen LogP contribution is 2.05. The van der Waals surface area contributed by atoms with Crippen LogP contribution in [0, 0.1) is 0 Å². The summed E-state index contributed by atoms with van der Waals surface area (Å²) in [5.74, 6) is 0.782. The number of nitrogens with two attached hydrogens (primary N) is 1. The zero-order chi connectivity index (χ0) is 10.4. The molecule has 3 N–H and O–H groups in total. The molecule has 0 aliphatic rings. The van der Waals surface area contributed by atoms with E-state index in [2.05, 4.69) is 22.7 Å². The minimum absolute atomic E-state index is 0.145. The smallest absolute Gasteiger partial charge is 0.184 e. The van der Waals surface area contributed by atoms with Crippen LogP contribution in [0.25, 0.3) is 6.08 Å². The molecule has 0 aliphatic heterocycles. The summed E-state index contributed by atoms with van der Waals surface area (Å²) in [4.78, 5) is 0. The van der Waals surface area contributed by atoms with Gasteiger partial charge in [0.15, 0.2) is 5.11 Å². The molecule has 0 saturated carbocycles. The zero-order valence-corrected chi connectivity index (χ0v) is 8.54. The summed E-state index contributed by atoms with van der Waals surface area (Å²) in [5, 5.41) is 3.95. The predicted octanol–water partition coefficient (Wildman–Crippen LogP) is 1.50. The minimum atomic E-state index is 0.145. The fraction of sp³-hybridized carbons (Fsp3) is 0.111. The van der Waals surface area contributed by atoms with Crippen LogP contribution in [0.4, 0.5) is 0 Å². The average molecular weight is 209 g/mol. The Morgan fingerprint density at radius 1 is 1.71 bits per heavy atom. The van der Waals surface area contributed by atoms with Gasteiger partial charge in [0.1, 0.15) is 5.76 Å². The molecule has 0 spiro atoms. The van der Waals surface area contributed by atoms with Gasteiger partial charge in [-0.2, -0.15) is 5.10 Å². The summed E-state index contributed by atoms with van der Waals surface area (Å²) < 4.78 is 5.12. The molecule has 0 radical (unpaired) electrons. The van der Waals surface area contributed by atoms with Gasteiger partial charge in [0.2, 0.25) is 0 Å². The van der Waals surface area contributed by atoms with Crippen LogP contribution in [0.15, 0.2) is 33.5 Å². The second-order valence-electron chi connectivity index (χ2n) is 2.64. The average Bonchev–Trinajstić information content (AvgIpc) is 2.56. The van der Waals surface area contributed by atoms with Gasteiger partial charge >= 0.3 is 0 Å². The van der Waals surface area contributed by atoms with Gasteiger partial charge in [-0.1, -0.05) is 0 Å². The monoisotopic (exact) mass is 209 g/mol. The van der Waals surface area contributed by atoms with Crippen molar-refractivity contribution in [3.63, 3.8) is 0 Å². The van der Waals surface area contributed by atoms with E-state index >= 15 is 0 Å². The normalized spacial score (nSPS) is 11.9. The van der Waals surface area contributed by atoms with E-state index in [4.69, 9.17) is 10.2 Å². The molecule has 1 rings (SSSR count). The lowest BCUT2D eigenvalue weighted by Gasteiger charge is -1.93. The molecule has 0 aromatic carbocycles. The Kier molecular flexibility index (Phi) is 3.87. The Morgan fingerprint density at radius 3 is 3.07 bits per heavy atom. The van der Waals surface area contributed by atoms with Crippen molar-refractivity contribution in [1.29, 1.82) is 0 Å². The number of thiocarbonyl (C=S) groups is 1. The maximum atomic E-state index is 5.18. The van der Waals surface area contributed by atoms with Crippen LogP contribution >= 0.6 is 12.2 Å². The number of hydrogen-bond acceptors (Lipinski definition) is 3. The van der Waals surface area contributed by atoms with Crippen LogP contribution in [0.3, 0.4) is 0 Å². The van der Waals surface area contributed by atoms with Crippen LogP contribution in [-0.4, -0.2) is 11.3 Å². The van der Waals surface area contributed by atoms with Crippen LogP contribution < -0.4 is 11.2 Å². The van der Waals surface area contributed by atoms with E-state index in [1.165, 1.54) is 0 Å². The highest BCUT2D eigenvalue weighted by atomic mass is 32.1. The maximum absolute atomic E-state index is 5.18. The summed E-state index contributed by atoms with van der Waals surface area (Å²) in [6.07, 6.45) is 5.08. The molecule has 0 saturated heterocycles. The van der Waals surface area contributed by atoms with Gasteiger partial charge < -0.3 is 10.2 Å². The number of hydrazone groups is 1. The molecule has 74 valence electrons. The van der Waals surface area contributed by atoms with E-state index in [1.54, 1.807) is 12.5 Å². The Bertz CT molecular complexity index is 354. The van der Waals surface area contributed by atoms with Crippen molar-refractivity contribution in [3.05, 3.63) is 29.7 Å². The van der Waals surface area contributed by atoms with E-state index in [1.807, 2.05) is 25.1 Å². The standard InChI is InChI=1S/C9H11N3OS/c1-7(6-11-12-9(10)14)5-8-3-2-4-13-8/h2-6H,1H3,(H3,10,12,14). The molecule has 1 heterocycles. The van der Waals surface area contributed by atoms with E-state index < -0.39 is 0 Å². The minimum Gasteiger partial charge on any atom is -0.465 e. The van der Waals surface area contributed by atoms with E-state index in [0.717, 1.165) is 11.3 Å². The summed E-state index contributed by atoms with van der Waals surface area (Å²) in [7, 11) is 0. The van der Waals surface area contributed by atoms with Gasteiger partial charge in [-0.3, -0.25) is 5.43 Å². The third kappa shape index (κ3) is 3.86. The molecule has 5 heteroatoms. The first-order chi connectivity index (χ1) is 6.68. The molecule has 0 amide bonds. The SMILES string of the molecule is CC(C=NNC(N)=S)=Cc1ccco1. The van der Waals surface area contributed by atoms with Crippen LogP contribution in [0.5, 0.6) is 0 Å². The van der Waals surface area contributed by atoms with Crippen molar-refractivity contribution in [3.8, 4) is 0 Å². The summed E-state index contributed by atoms with van der Waals surface area (Å²) in [6, 6.07) is 3.68. The highest BCUT2D eigenvalue weighted by molar-refractivity contribution is 7.80. The summed E-state index contributed by atoms with van der Waals surface area (Å²) in [6.45, 7) is 1.90. The second kappa shape index (κ2) is 5.18. The lowest BCUT2D eigenvalue weighted by molar-refractivity contribution is 0.557. The fourth-order valence-corrected chi connectivity index (χ4v) is 0.885. The first-order valence-corrected chi connectivity index (χ1v) is 4.39. The van der Waals surface area contributed by atoms with Gasteiger partial charge in [-0.05, 0) is 42.9 Å². The van der Waals surface area contributed by atoms with Gasteiger partial charge in [0, 0.05) is 0 Å². The van der Waals surface area contributed by atoms with Crippen LogP contribution in [-0.2, 0) is 0 Å². The van der Waals surface area contributed by atoms with Gasteiger partial charge in [0.25, 0.3) is 0 Å². The molecule has 0 unspecified atom stereocenters. The van der Waals surface area contributed by atoms with Gasteiger partial charge in [-0.25, -0.2) is 0 Å². The summed E-state index contributed by atoms with van der Waals surface area (Å²) >= 11 is 4.58. The topological polar surface area (TPSA) is 63.5 Å². The molecular formula is C9H11N3OS. The fourth-order valence-electron chi connectivity index (χ4n) is 0.833. The largest absolute Gasteiger partial charge is 0.465 e. The Morgan fingerprint density at radius 2 is 2.50 bits per heavy atom. The quantitative estimate of drug-likeness (QED) is 0.450. The lowest BCUT2D eigenvalue weighted by atomic mass is 10.3. The molecular weight excluding hydrogens is 198 g/mol. The molecule has 1 aromatic rings. The van der Waals surface area contributed by atoms with Crippen LogP contribution in [0.1, 0.15) is 12.7 Å². The Labute approximate surface area is 87.5 Å². The molecule has 0 fully saturated rings. The number of hydrogen-bond donors (Lipinski definition) is 2. The number of nitrogens with zero attached hydrogens (tertiary/aromatic N) is 1. The Hall–Kier alpha value is -1.62. The molecule has 4 nitrogen and oxygen atoms in total. The van der Waals surface area contributed by atoms with Crippen molar-refractivity contribution >= 4 is 29.6 Å². The predicted molar refractivity (Wildman–Crippen MR) is 60.8 cm³/mol. The van der Waals surface area contributed by atoms with E-state index in [0.29, 0.717) is 0 Å². The van der Waals surface area contributed by atoms with Crippen molar-refractivity contribution in [2.75, 3.05) is 0 Å². The molecule has 14 heavy (non-hydrogen) atoms. The van der Waals surface area contributed by atoms with Crippen molar-refractivity contribution in [2.24, 2.45) is 10.8 Å². The van der Waals surface area contributed by atoms with E-state index in [-0.39, 0.29) is 5.11 Å². The van der Waals surface area contributed by atoms with E-state index in [9.17, 15) is 0 Å². The summed E-state index contributed by atoms with van der Waals surface area (Å²) in [5.41, 5.74) is 8.58. The maximum Gasteiger partial charge on any atom is 0.184 e. The third-order valence-electron chi connectivity index (χ3n) is 1.36. The van der Waals surface area contributed by atoms with Gasteiger partial charge in [-0.15, -0.1) is 0 Å². The highest BCUT2D eigenvalue weighted by Gasteiger charge is 1.90. The first kappa shape index (κ1) is 10.5. The van der Waals surface area contributed by atoms with Crippen molar-refractivity contribution < 1.29 is 4.42 Å². The Balaban J connectivity index is 2.53. The number of furan rings is 1. The third-order valence-corrected chi connectivity index (χ3v) is 1.45. The molecule has 0 bridgehead atoms. The first-order valence-electron chi connectivity index (χ1n) is 3.99. The zero-order valence-electron chi connectivity index (χ0n) is 7.73. The van der Waals surface area contributed by atoms with Crippen molar-refractivity contribution in [1.82, 2.24) is 5.43 Å². The lowest BCUT2D eigenvalue weighted by Crippen LogP contribution is -2.23. The number of allylic oxidation sites excluding steroid dienone is 1. The van der Waals surface area contributed by atoms with Crippen LogP contribution in [0.2, 0.25) is 0 Å². The second-order valence-corrected chi connectivity index (χ2v) is 3.08. The number of rotatable bonds is 3. The van der Waals surface area contributed by atoms with Crippen molar-refractivity contribution in [2.45, 2.75) is 6.92 Å². The molecule has 0 atom stereocenters. The number of nitrogens with one attached hydrogen (secondary N) is 1. The van der Waals surface area contributed by atoms with Gasteiger partial charge in [0.05, 0.1) is 12.5 Å².